The van der Waals surface area contributed by atoms with Crippen LogP contribution in [-0.4, -0.2) is 49.9 Å². The summed E-state index contributed by atoms with van der Waals surface area (Å²) in [5, 5.41) is 0. The first-order valence-electron chi connectivity index (χ1n) is 6.60. The monoisotopic (exact) mass is 263 g/mol. The number of carbonyl (C=O) groups is 1. The Morgan fingerprint density at radius 3 is 2.32 bits per heavy atom. The average Bonchev–Trinajstić information content (AvgIpc) is 2.32. The van der Waals surface area contributed by atoms with E-state index < -0.39 is 0 Å². The maximum atomic E-state index is 12.4. The SMILES string of the molecule is Cc1cc(C)c(C(=O)N(C)CCCN(C)C)cc1N. The quantitative estimate of drug-likeness (QED) is 0.826. The molecule has 1 rings (SSSR count). The minimum Gasteiger partial charge on any atom is -0.398 e. The number of hydrogen-bond donors (Lipinski definition) is 1. The smallest absolute Gasteiger partial charge is 0.253 e. The number of benzene rings is 1. The number of anilines is 1. The normalized spacial score (nSPS) is 10.8. The summed E-state index contributed by atoms with van der Waals surface area (Å²) in [6, 6.07) is 3.76. The minimum atomic E-state index is 0.0444. The molecule has 4 heteroatoms. The average molecular weight is 263 g/mol. The zero-order valence-corrected chi connectivity index (χ0v) is 12.7. The third-order valence-electron chi connectivity index (χ3n) is 3.29. The summed E-state index contributed by atoms with van der Waals surface area (Å²) >= 11 is 0. The van der Waals surface area contributed by atoms with Crippen LogP contribution in [0.1, 0.15) is 27.9 Å². The van der Waals surface area contributed by atoms with Crippen LogP contribution < -0.4 is 5.73 Å². The maximum absolute atomic E-state index is 12.4. The number of carbonyl (C=O) groups excluding carboxylic acids is 1. The molecule has 1 aromatic rings. The van der Waals surface area contributed by atoms with Gasteiger partial charge in [0.25, 0.3) is 5.91 Å². The van der Waals surface area contributed by atoms with E-state index in [-0.39, 0.29) is 5.91 Å². The molecule has 0 radical (unpaired) electrons. The Balaban J connectivity index is 2.74. The molecule has 1 amide bonds. The molecule has 0 unspecified atom stereocenters. The van der Waals surface area contributed by atoms with Crippen molar-refractivity contribution in [2.45, 2.75) is 20.3 Å². The lowest BCUT2D eigenvalue weighted by Crippen LogP contribution is -2.30. The summed E-state index contributed by atoms with van der Waals surface area (Å²) in [5.74, 6) is 0.0444. The van der Waals surface area contributed by atoms with Gasteiger partial charge in [0, 0.05) is 24.8 Å². The van der Waals surface area contributed by atoms with Crippen LogP contribution in [0.3, 0.4) is 0 Å². The van der Waals surface area contributed by atoms with E-state index in [0.29, 0.717) is 11.3 Å². The van der Waals surface area contributed by atoms with E-state index in [9.17, 15) is 4.79 Å². The van der Waals surface area contributed by atoms with Crippen LogP contribution in [0, 0.1) is 13.8 Å². The molecule has 0 aliphatic heterocycles. The zero-order valence-electron chi connectivity index (χ0n) is 12.7. The lowest BCUT2D eigenvalue weighted by Gasteiger charge is -2.20. The lowest BCUT2D eigenvalue weighted by molar-refractivity contribution is 0.0790. The van der Waals surface area contributed by atoms with Gasteiger partial charge in [-0.1, -0.05) is 6.07 Å². The van der Waals surface area contributed by atoms with E-state index >= 15 is 0 Å². The summed E-state index contributed by atoms with van der Waals surface area (Å²) in [6.45, 7) is 5.64. The number of nitrogens with two attached hydrogens (primary N) is 1. The summed E-state index contributed by atoms with van der Waals surface area (Å²) in [7, 11) is 5.91. The van der Waals surface area contributed by atoms with Gasteiger partial charge in [0.2, 0.25) is 0 Å². The van der Waals surface area contributed by atoms with Crippen LogP contribution in [0.2, 0.25) is 0 Å². The summed E-state index contributed by atoms with van der Waals surface area (Å²) in [6.07, 6.45) is 0.968. The van der Waals surface area contributed by atoms with Crippen molar-refractivity contribution in [3.63, 3.8) is 0 Å². The van der Waals surface area contributed by atoms with Crippen molar-refractivity contribution in [1.29, 1.82) is 0 Å². The Kier molecular flexibility index (Phi) is 5.36. The third-order valence-corrected chi connectivity index (χ3v) is 3.29. The number of nitrogens with zero attached hydrogens (tertiary/aromatic N) is 2. The van der Waals surface area contributed by atoms with E-state index in [2.05, 4.69) is 4.90 Å². The van der Waals surface area contributed by atoms with Gasteiger partial charge >= 0.3 is 0 Å². The fourth-order valence-electron chi connectivity index (χ4n) is 2.03. The van der Waals surface area contributed by atoms with Gasteiger partial charge in [-0.3, -0.25) is 4.79 Å². The van der Waals surface area contributed by atoms with E-state index in [1.54, 1.807) is 11.0 Å². The van der Waals surface area contributed by atoms with E-state index in [0.717, 1.165) is 30.6 Å². The van der Waals surface area contributed by atoms with Crippen LogP contribution in [0.15, 0.2) is 12.1 Å². The Hall–Kier alpha value is -1.55. The van der Waals surface area contributed by atoms with E-state index in [1.807, 2.05) is 41.1 Å². The predicted molar refractivity (Wildman–Crippen MR) is 80.5 cm³/mol. The fourth-order valence-corrected chi connectivity index (χ4v) is 2.03. The molecule has 0 bridgehead atoms. The molecular formula is C15H25N3O. The van der Waals surface area contributed by atoms with Crippen molar-refractivity contribution >= 4 is 11.6 Å². The number of nitrogen functional groups attached to an aromatic ring is 1. The fraction of sp³-hybridized carbons (Fsp3) is 0.533. The highest BCUT2D eigenvalue weighted by molar-refractivity contribution is 5.96. The van der Waals surface area contributed by atoms with Gasteiger partial charge in [-0.25, -0.2) is 0 Å². The molecule has 0 fully saturated rings. The van der Waals surface area contributed by atoms with Crippen LogP contribution in [0.5, 0.6) is 0 Å². The van der Waals surface area contributed by atoms with Gasteiger partial charge < -0.3 is 15.5 Å². The molecule has 0 saturated carbocycles. The maximum Gasteiger partial charge on any atom is 0.253 e. The van der Waals surface area contributed by atoms with Crippen molar-refractivity contribution < 1.29 is 4.79 Å². The first kappa shape index (κ1) is 15.5. The topological polar surface area (TPSA) is 49.6 Å². The molecule has 0 saturated heterocycles. The molecule has 0 atom stereocenters. The second-order valence-corrected chi connectivity index (χ2v) is 5.41. The van der Waals surface area contributed by atoms with Gasteiger partial charge in [0.05, 0.1) is 0 Å². The van der Waals surface area contributed by atoms with Crippen molar-refractivity contribution in [3.8, 4) is 0 Å². The van der Waals surface area contributed by atoms with Gasteiger partial charge in [-0.2, -0.15) is 0 Å². The largest absolute Gasteiger partial charge is 0.398 e. The third kappa shape index (κ3) is 4.24. The highest BCUT2D eigenvalue weighted by Gasteiger charge is 2.15. The predicted octanol–water partition coefficient (Wildman–Crippen LogP) is 1.91. The molecule has 0 heterocycles. The number of amides is 1. The summed E-state index contributed by atoms with van der Waals surface area (Å²) in [4.78, 5) is 16.2. The number of hydrogen-bond acceptors (Lipinski definition) is 3. The first-order chi connectivity index (χ1) is 8.82. The highest BCUT2D eigenvalue weighted by atomic mass is 16.2. The summed E-state index contributed by atoms with van der Waals surface area (Å²) < 4.78 is 0. The Morgan fingerprint density at radius 2 is 1.74 bits per heavy atom. The highest BCUT2D eigenvalue weighted by Crippen LogP contribution is 2.19. The van der Waals surface area contributed by atoms with Gasteiger partial charge in [-0.15, -0.1) is 0 Å². The van der Waals surface area contributed by atoms with Crippen LogP contribution in [-0.2, 0) is 0 Å². The Labute approximate surface area is 116 Å². The number of rotatable bonds is 5. The van der Waals surface area contributed by atoms with Crippen molar-refractivity contribution in [2.75, 3.05) is 40.0 Å². The van der Waals surface area contributed by atoms with Crippen LogP contribution in [0.4, 0.5) is 5.69 Å². The molecule has 1 aromatic carbocycles. The van der Waals surface area contributed by atoms with Crippen molar-refractivity contribution in [1.82, 2.24) is 9.80 Å². The second kappa shape index (κ2) is 6.57. The molecule has 0 aromatic heterocycles. The first-order valence-corrected chi connectivity index (χ1v) is 6.60. The molecule has 0 aliphatic carbocycles. The molecule has 2 N–H and O–H groups in total. The summed E-state index contributed by atoms with van der Waals surface area (Å²) in [5.41, 5.74) is 9.27. The standard InChI is InChI=1S/C15H25N3O/c1-11-9-12(2)14(16)10-13(11)15(19)18(5)8-6-7-17(3)4/h9-10H,6-8,16H2,1-5H3. The van der Waals surface area contributed by atoms with E-state index in [4.69, 9.17) is 5.73 Å². The van der Waals surface area contributed by atoms with Gasteiger partial charge in [-0.05, 0) is 58.1 Å². The zero-order chi connectivity index (χ0) is 14.6. The molecule has 0 spiro atoms. The van der Waals surface area contributed by atoms with E-state index in [1.165, 1.54) is 0 Å². The lowest BCUT2D eigenvalue weighted by atomic mass is 10.0. The molecule has 0 aliphatic rings. The molecular weight excluding hydrogens is 238 g/mol. The van der Waals surface area contributed by atoms with Gasteiger partial charge in [0.1, 0.15) is 0 Å². The van der Waals surface area contributed by atoms with Crippen molar-refractivity contribution in [3.05, 3.63) is 28.8 Å². The Bertz CT molecular complexity index is 455. The molecule has 19 heavy (non-hydrogen) atoms. The minimum absolute atomic E-state index is 0.0444. The second-order valence-electron chi connectivity index (χ2n) is 5.41. The number of aryl methyl sites for hydroxylation is 2. The van der Waals surface area contributed by atoms with Gasteiger partial charge in [0.15, 0.2) is 0 Å². The molecule has 106 valence electrons. The van der Waals surface area contributed by atoms with Crippen LogP contribution >= 0.6 is 0 Å². The van der Waals surface area contributed by atoms with Crippen molar-refractivity contribution in [2.24, 2.45) is 0 Å². The van der Waals surface area contributed by atoms with Crippen LogP contribution in [0.25, 0.3) is 0 Å². The molecule has 4 nitrogen and oxygen atoms in total. The Morgan fingerprint density at radius 1 is 1.11 bits per heavy atom.